The second kappa shape index (κ2) is 11.1. The minimum atomic E-state index is -3.76. The van der Waals surface area contributed by atoms with Crippen molar-refractivity contribution in [2.45, 2.75) is 0 Å². The summed E-state index contributed by atoms with van der Waals surface area (Å²) in [5.41, 5.74) is 3.62. The zero-order valence-electron chi connectivity index (χ0n) is 18.5. The third-order valence-corrected chi connectivity index (χ3v) is 5.67. The number of hydrogen-bond donors (Lipinski definition) is 1. The number of anilines is 1. The van der Waals surface area contributed by atoms with Crippen LogP contribution in [0.25, 0.3) is 0 Å². The highest BCUT2D eigenvalue weighted by molar-refractivity contribution is 7.92. The van der Waals surface area contributed by atoms with Gasteiger partial charge in [-0.2, -0.15) is 5.10 Å². The van der Waals surface area contributed by atoms with Gasteiger partial charge in [0, 0.05) is 0 Å². The second-order valence-electron chi connectivity index (χ2n) is 7.06. The number of hydrazone groups is 1. The smallest absolute Gasteiger partial charge is 0.343 e. The van der Waals surface area contributed by atoms with Gasteiger partial charge in [0.05, 0.1) is 30.8 Å². The van der Waals surface area contributed by atoms with Crippen LogP contribution in [-0.2, 0) is 14.8 Å². The molecule has 0 bridgehead atoms. The van der Waals surface area contributed by atoms with Gasteiger partial charge in [-0.15, -0.1) is 0 Å². The Hall–Kier alpha value is -4.18. The number of hydrogen-bond acceptors (Lipinski definition) is 7. The van der Waals surface area contributed by atoms with E-state index in [9.17, 15) is 18.0 Å². The van der Waals surface area contributed by atoms with E-state index in [0.717, 1.165) is 10.6 Å². The van der Waals surface area contributed by atoms with Crippen LogP contribution in [0, 0.1) is 0 Å². The Balaban J connectivity index is 1.60. The van der Waals surface area contributed by atoms with Crippen molar-refractivity contribution in [3.05, 3.63) is 90.0 Å². The molecule has 9 nitrogen and oxygen atoms in total. The Morgan fingerprint density at radius 3 is 2.26 bits per heavy atom. The number of carbonyl (C=O) groups is 2. The molecule has 176 valence electrons. The van der Waals surface area contributed by atoms with Crippen molar-refractivity contribution < 1.29 is 27.5 Å². The fraction of sp³-hybridized carbons (Fsp3) is 0.125. The summed E-state index contributed by atoms with van der Waals surface area (Å²) in [6.45, 7) is -0.481. The molecule has 0 aliphatic rings. The summed E-state index contributed by atoms with van der Waals surface area (Å²) in [5, 5.41) is 3.87. The number of sulfonamides is 1. The van der Waals surface area contributed by atoms with E-state index in [1.807, 2.05) is 0 Å². The summed E-state index contributed by atoms with van der Waals surface area (Å²) < 4.78 is 35.9. The van der Waals surface area contributed by atoms with Crippen LogP contribution in [-0.4, -0.2) is 46.4 Å². The van der Waals surface area contributed by atoms with Gasteiger partial charge in [-0.25, -0.2) is 18.6 Å². The predicted molar refractivity (Wildman–Crippen MR) is 129 cm³/mol. The minimum Gasteiger partial charge on any atom is -0.495 e. The first-order valence-electron chi connectivity index (χ1n) is 10.1. The molecule has 10 heteroatoms. The summed E-state index contributed by atoms with van der Waals surface area (Å²) in [7, 11) is -2.34. The molecule has 34 heavy (non-hydrogen) atoms. The average molecular weight is 482 g/mol. The Bertz CT molecular complexity index is 1280. The largest absolute Gasteiger partial charge is 0.495 e. The molecule has 0 saturated heterocycles. The fourth-order valence-electron chi connectivity index (χ4n) is 2.92. The molecule has 3 rings (SSSR count). The fourth-order valence-corrected chi connectivity index (χ4v) is 3.78. The van der Waals surface area contributed by atoms with Gasteiger partial charge < -0.3 is 9.47 Å². The maximum atomic E-state index is 12.3. The normalized spacial score (nSPS) is 11.1. The topological polar surface area (TPSA) is 114 Å². The van der Waals surface area contributed by atoms with Gasteiger partial charge in [-0.3, -0.25) is 9.10 Å². The van der Waals surface area contributed by atoms with Crippen LogP contribution in [0.4, 0.5) is 5.69 Å². The number of amides is 1. The molecule has 1 N–H and O–H groups in total. The molecule has 0 atom stereocenters. The Labute approximate surface area is 197 Å². The lowest BCUT2D eigenvalue weighted by Crippen LogP contribution is -2.39. The zero-order valence-corrected chi connectivity index (χ0v) is 19.4. The summed E-state index contributed by atoms with van der Waals surface area (Å²) in [5.74, 6) is -0.436. The molecular weight excluding hydrogens is 458 g/mol. The maximum Gasteiger partial charge on any atom is 0.343 e. The zero-order chi connectivity index (χ0) is 24.6. The number of esters is 1. The van der Waals surface area contributed by atoms with Gasteiger partial charge in [0.2, 0.25) is 10.0 Å². The lowest BCUT2D eigenvalue weighted by Gasteiger charge is -2.23. The van der Waals surface area contributed by atoms with Crippen LogP contribution in [0.5, 0.6) is 11.5 Å². The molecule has 0 fully saturated rings. The van der Waals surface area contributed by atoms with Gasteiger partial charge in [0.1, 0.15) is 18.0 Å². The lowest BCUT2D eigenvalue weighted by molar-refractivity contribution is -0.119. The van der Waals surface area contributed by atoms with E-state index in [4.69, 9.17) is 9.47 Å². The summed E-state index contributed by atoms with van der Waals surface area (Å²) in [6, 6.07) is 21.6. The standard InChI is InChI=1S/C24H23N3O6S/c1-32-22-11-7-6-10-21(22)27(34(2,30)31)17-23(28)26-25-16-18-12-14-20(15-13-18)33-24(29)19-8-4-3-5-9-19/h3-16H,17H2,1-2H3,(H,26,28)/b25-16-. The van der Waals surface area contributed by atoms with Crippen LogP contribution in [0.2, 0.25) is 0 Å². The predicted octanol–water partition coefficient (Wildman–Crippen LogP) is 2.83. The quantitative estimate of drug-likeness (QED) is 0.218. The van der Waals surface area contributed by atoms with Crippen molar-refractivity contribution in [2.24, 2.45) is 5.10 Å². The van der Waals surface area contributed by atoms with Crippen LogP contribution >= 0.6 is 0 Å². The molecule has 0 aliphatic heterocycles. The van der Waals surface area contributed by atoms with Gasteiger partial charge in [0.15, 0.2) is 0 Å². The molecule has 0 aromatic heterocycles. The van der Waals surface area contributed by atoms with Gasteiger partial charge in [-0.1, -0.05) is 30.3 Å². The molecule has 3 aromatic rings. The van der Waals surface area contributed by atoms with E-state index in [1.54, 1.807) is 78.9 Å². The van der Waals surface area contributed by atoms with Gasteiger partial charge in [0.25, 0.3) is 5.91 Å². The number of para-hydroxylation sites is 2. The molecule has 0 spiro atoms. The highest BCUT2D eigenvalue weighted by Gasteiger charge is 2.23. The van der Waals surface area contributed by atoms with Gasteiger partial charge >= 0.3 is 5.97 Å². The Morgan fingerprint density at radius 1 is 0.971 bits per heavy atom. The SMILES string of the molecule is COc1ccccc1N(CC(=O)N/N=C\c1ccc(OC(=O)c2ccccc2)cc1)S(C)(=O)=O. The lowest BCUT2D eigenvalue weighted by atomic mass is 10.2. The van der Waals surface area contributed by atoms with Crippen LogP contribution in [0.1, 0.15) is 15.9 Å². The van der Waals surface area contributed by atoms with Gasteiger partial charge in [-0.05, 0) is 54.1 Å². The van der Waals surface area contributed by atoms with Crippen molar-refractivity contribution in [3.63, 3.8) is 0 Å². The second-order valence-corrected chi connectivity index (χ2v) is 8.97. The minimum absolute atomic E-state index is 0.243. The Morgan fingerprint density at radius 2 is 1.62 bits per heavy atom. The highest BCUT2D eigenvalue weighted by Crippen LogP contribution is 2.29. The maximum absolute atomic E-state index is 12.3. The number of rotatable bonds is 9. The first kappa shape index (κ1) is 24.5. The molecule has 0 radical (unpaired) electrons. The molecule has 3 aromatic carbocycles. The molecule has 1 amide bonds. The molecule has 0 aliphatic carbocycles. The average Bonchev–Trinajstić information content (AvgIpc) is 2.83. The van der Waals surface area contributed by atoms with Crippen LogP contribution < -0.4 is 19.2 Å². The van der Waals surface area contributed by atoms with Crippen LogP contribution in [0.3, 0.4) is 0 Å². The Kier molecular flexibility index (Phi) is 7.99. The van der Waals surface area contributed by atoms with Crippen molar-refractivity contribution in [1.29, 1.82) is 0 Å². The van der Waals surface area contributed by atoms with Crippen molar-refractivity contribution in [3.8, 4) is 11.5 Å². The van der Waals surface area contributed by atoms with E-state index in [1.165, 1.54) is 13.3 Å². The van der Waals surface area contributed by atoms with Crippen molar-refractivity contribution in [2.75, 3.05) is 24.2 Å². The number of ether oxygens (including phenoxy) is 2. The number of carbonyl (C=O) groups excluding carboxylic acids is 2. The third kappa shape index (κ3) is 6.66. The monoisotopic (exact) mass is 481 g/mol. The molecule has 0 heterocycles. The highest BCUT2D eigenvalue weighted by atomic mass is 32.2. The molecule has 0 unspecified atom stereocenters. The summed E-state index contributed by atoms with van der Waals surface area (Å²) >= 11 is 0. The van der Waals surface area contributed by atoms with Crippen LogP contribution in [0.15, 0.2) is 84.0 Å². The summed E-state index contributed by atoms with van der Waals surface area (Å²) in [6.07, 6.45) is 2.39. The number of benzene rings is 3. The third-order valence-electron chi connectivity index (χ3n) is 4.54. The van der Waals surface area contributed by atoms with E-state index < -0.39 is 28.4 Å². The molecule has 0 saturated carbocycles. The first-order valence-corrected chi connectivity index (χ1v) is 11.9. The first-order chi connectivity index (χ1) is 16.3. The summed E-state index contributed by atoms with van der Waals surface area (Å²) in [4.78, 5) is 24.4. The van der Waals surface area contributed by atoms with E-state index in [0.29, 0.717) is 22.6 Å². The molecular formula is C24H23N3O6S. The van der Waals surface area contributed by atoms with E-state index >= 15 is 0 Å². The van der Waals surface area contributed by atoms with E-state index in [-0.39, 0.29) is 5.69 Å². The number of nitrogens with one attached hydrogen (secondary N) is 1. The van der Waals surface area contributed by atoms with Crippen molar-refractivity contribution >= 4 is 33.8 Å². The van der Waals surface area contributed by atoms with E-state index in [2.05, 4.69) is 10.5 Å². The number of nitrogens with zero attached hydrogens (tertiary/aromatic N) is 2. The number of methoxy groups -OCH3 is 1. The van der Waals surface area contributed by atoms with Crippen molar-refractivity contribution in [1.82, 2.24) is 5.43 Å².